The molecule has 0 saturated carbocycles. The summed E-state index contributed by atoms with van der Waals surface area (Å²) in [6.07, 6.45) is 0.782. The Bertz CT molecular complexity index is 997. The minimum Gasteiger partial charge on any atom is -0.154 e. The summed E-state index contributed by atoms with van der Waals surface area (Å²) < 4.78 is 1.03. The second kappa shape index (κ2) is 6.54. The number of rotatable bonds is 3. The monoisotopic (exact) mass is 374 g/mol. The predicted molar refractivity (Wildman–Crippen MR) is 102 cm³/mol. The first-order chi connectivity index (χ1) is 11.8. The molecule has 0 unspecified atom stereocenters. The molecule has 0 aliphatic rings. The first-order valence-corrected chi connectivity index (χ1v) is 8.65. The van der Waals surface area contributed by atoms with Crippen molar-refractivity contribution in [2.75, 3.05) is 0 Å². The molecule has 4 rings (SSSR count). The number of hydrogen-bond acceptors (Lipinski definition) is 2. The largest absolute Gasteiger partial charge is 0.154 e. The van der Waals surface area contributed by atoms with Gasteiger partial charge in [-0.15, -0.1) is 5.10 Å². The molecular weight excluding hydrogens is 360 g/mol. The molecule has 1 aromatic heterocycles. The van der Waals surface area contributed by atoms with Crippen LogP contribution in [0.4, 0.5) is 0 Å². The van der Waals surface area contributed by atoms with Gasteiger partial charge >= 0.3 is 0 Å². The van der Waals surface area contributed by atoms with Gasteiger partial charge in [-0.3, -0.25) is 0 Å². The van der Waals surface area contributed by atoms with E-state index in [1.165, 1.54) is 5.56 Å². The highest BCUT2D eigenvalue weighted by Gasteiger charge is 2.12. The Hall–Kier alpha value is -2.52. The number of aromatic nitrogens is 2. The van der Waals surface area contributed by atoms with Crippen LogP contribution in [-0.4, -0.2) is 10.2 Å². The fourth-order valence-corrected chi connectivity index (χ4v) is 3.40. The topological polar surface area (TPSA) is 25.8 Å². The Morgan fingerprint density at radius 3 is 2.12 bits per heavy atom. The predicted octanol–water partition coefficient (Wildman–Crippen LogP) is 5.65. The van der Waals surface area contributed by atoms with E-state index < -0.39 is 0 Å². The number of hydrogen-bond donors (Lipinski definition) is 0. The van der Waals surface area contributed by atoms with Crippen molar-refractivity contribution in [3.63, 3.8) is 0 Å². The van der Waals surface area contributed by atoms with Gasteiger partial charge < -0.3 is 0 Å². The summed E-state index contributed by atoms with van der Waals surface area (Å²) in [5.74, 6) is 0. The molecule has 0 aliphatic heterocycles. The molecule has 0 bridgehead atoms. The van der Waals surface area contributed by atoms with Crippen LogP contribution >= 0.6 is 15.9 Å². The smallest absolute Gasteiger partial charge is 0.102 e. The highest BCUT2D eigenvalue weighted by Crippen LogP contribution is 2.32. The minimum absolute atomic E-state index is 0.782. The zero-order valence-electron chi connectivity index (χ0n) is 13.0. The number of fused-ring (bicyclic) bond motifs is 1. The summed E-state index contributed by atoms with van der Waals surface area (Å²) in [4.78, 5) is 0. The Morgan fingerprint density at radius 1 is 0.667 bits per heavy atom. The van der Waals surface area contributed by atoms with E-state index in [2.05, 4.69) is 80.7 Å². The van der Waals surface area contributed by atoms with Crippen molar-refractivity contribution >= 4 is 26.7 Å². The first kappa shape index (κ1) is 15.0. The molecule has 0 fully saturated rings. The molecule has 0 saturated heterocycles. The lowest BCUT2D eigenvalue weighted by atomic mass is 10.0. The lowest BCUT2D eigenvalue weighted by Gasteiger charge is -2.10. The molecule has 24 heavy (non-hydrogen) atoms. The van der Waals surface area contributed by atoms with Crippen LogP contribution in [0, 0.1) is 0 Å². The van der Waals surface area contributed by atoms with E-state index >= 15 is 0 Å². The fraction of sp³-hybridized carbons (Fsp3) is 0.0476. The summed E-state index contributed by atoms with van der Waals surface area (Å²) in [6, 6.07) is 26.9. The molecule has 3 heteroatoms. The maximum absolute atomic E-state index is 4.55. The third kappa shape index (κ3) is 2.83. The second-order valence-corrected chi connectivity index (χ2v) is 6.54. The quantitative estimate of drug-likeness (QED) is 0.462. The van der Waals surface area contributed by atoms with Gasteiger partial charge in [0, 0.05) is 27.2 Å². The van der Waals surface area contributed by atoms with Crippen LogP contribution < -0.4 is 0 Å². The third-order valence-electron chi connectivity index (χ3n) is 4.11. The summed E-state index contributed by atoms with van der Waals surface area (Å²) in [7, 11) is 0. The van der Waals surface area contributed by atoms with E-state index in [0.29, 0.717) is 0 Å². The molecule has 0 N–H and O–H groups in total. The van der Waals surface area contributed by atoms with E-state index in [1.807, 2.05) is 24.3 Å². The second-order valence-electron chi connectivity index (χ2n) is 5.68. The Labute approximate surface area is 149 Å². The van der Waals surface area contributed by atoms with Crippen LogP contribution in [0.2, 0.25) is 0 Å². The maximum Gasteiger partial charge on any atom is 0.102 e. The maximum atomic E-state index is 4.55. The molecule has 3 aromatic carbocycles. The minimum atomic E-state index is 0.782. The number of halogens is 1. The lowest BCUT2D eigenvalue weighted by molar-refractivity contribution is 0.962. The molecule has 0 amide bonds. The van der Waals surface area contributed by atoms with Gasteiger partial charge in [-0.2, -0.15) is 5.10 Å². The van der Waals surface area contributed by atoms with Crippen LogP contribution in [0.5, 0.6) is 0 Å². The van der Waals surface area contributed by atoms with Gasteiger partial charge in [0.15, 0.2) is 0 Å². The van der Waals surface area contributed by atoms with E-state index in [1.54, 1.807) is 0 Å². The van der Waals surface area contributed by atoms with Crippen LogP contribution in [0.1, 0.15) is 11.3 Å². The van der Waals surface area contributed by atoms with Crippen LogP contribution in [0.15, 0.2) is 83.3 Å². The SMILES string of the molecule is Brc1ccccc1-c1nnc(Cc2ccccc2)c2ccccc12. The van der Waals surface area contributed by atoms with E-state index in [4.69, 9.17) is 0 Å². The summed E-state index contributed by atoms with van der Waals surface area (Å²) in [5, 5.41) is 11.4. The third-order valence-corrected chi connectivity index (χ3v) is 4.80. The van der Waals surface area contributed by atoms with E-state index in [9.17, 15) is 0 Å². The van der Waals surface area contributed by atoms with Crippen molar-refractivity contribution in [2.45, 2.75) is 6.42 Å². The molecule has 0 spiro atoms. The average Bonchev–Trinajstić information content (AvgIpc) is 2.64. The zero-order chi connectivity index (χ0) is 16.4. The lowest BCUT2D eigenvalue weighted by Crippen LogP contribution is -1.99. The van der Waals surface area contributed by atoms with Crippen LogP contribution in [-0.2, 0) is 6.42 Å². The average molecular weight is 375 g/mol. The Morgan fingerprint density at radius 2 is 1.33 bits per heavy atom. The highest BCUT2D eigenvalue weighted by atomic mass is 79.9. The summed E-state index contributed by atoms with van der Waals surface area (Å²) >= 11 is 3.62. The van der Waals surface area contributed by atoms with Gasteiger partial charge in [-0.25, -0.2) is 0 Å². The van der Waals surface area contributed by atoms with Crippen molar-refractivity contribution in [3.8, 4) is 11.3 Å². The molecular formula is C21H15BrN2. The molecule has 0 radical (unpaired) electrons. The summed E-state index contributed by atoms with van der Waals surface area (Å²) in [5.41, 5.74) is 4.22. The Balaban J connectivity index is 1.88. The van der Waals surface area contributed by atoms with Crippen LogP contribution in [0.3, 0.4) is 0 Å². The Kier molecular flexibility index (Phi) is 4.09. The molecule has 2 nitrogen and oxygen atoms in total. The van der Waals surface area contributed by atoms with E-state index in [-0.39, 0.29) is 0 Å². The van der Waals surface area contributed by atoms with Gasteiger partial charge in [-0.05, 0) is 11.6 Å². The first-order valence-electron chi connectivity index (χ1n) is 7.86. The summed E-state index contributed by atoms with van der Waals surface area (Å²) in [6.45, 7) is 0. The van der Waals surface area contributed by atoms with Gasteiger partial charge in [0.05, 0.1) is 5.69 Å². The van der Waals surface area contributed by atoms with Crippen molar-refractivity contribution in [3.05, 3.63) is 94.6 Å². The zero-order valence-corrected chi connectivity index (χ0v) is 14.6. The molecule has 0 atom stereocenters. The van der Waals surface area contributed by atoms with Crippen LogP contribution in [0.25, 0.3) is 22.0 Å². The highest BCUT2D eigenvalue weighted by molar-refractivity contribution is 9.10. The van der Waals surface area contributed by atoms with Gasteiger partial charge in [0.25, 0.3) is 0 Å². The normalized spacial score (nSPS) is 10.9. The number of benzene rings is 3. The van der Waals surface area contributed by atoms with E-state index in [0.717, 1.165) is 38.6 Å². The van der Waals surface area contributed by atoms with Gasteiger partial charge in [0.2, 0.25) is 0 Å². The molecule has 4 aromatic rings. The van der Waals surface area contributed by atoms with Crippen molar-refractivity contribution in [1.29, 1.82) is 0 Å². The molecule has 116 valence electrons. The molecule has 0 aliphatic carbocycles. The van der Waals surface area contributed by atoms with Gasteiger partial charge in [-0.1, -0.05) is 88.7 Å². The van der Waals surface area contributed by atoms with Crippen molar-refractivity contribution in [1.82, 2.24) is 10.2 Å². The standard InChI is InChI=1S/C21H15BrN2/c22-19-13-7-6-12-18(19)21-17-11-5-4-10-16(17)20(23-24-21)14-15-8-2-1-3-9-15/h1-13H,14H2. The van der Waals surface area contributed by atoms with Crippen molar-refractivity contribution < 1.29 is 0 Å². The number of nitrogens with zero attached hydrogens (tertiary/aromatic N) is 2. The van der Waals surface area contributed by atoms with Gasteiger partial charge in [0.1, 0.15) is 5.69 Å². The molecule has 1 heterocycles. The fourth-order valence-electron chi connectivity index (χ4n) is 2.93. The van der Waals surface area contributed by atoms with Crippen molar-refractivity contribution in [2.24, 2.45) is 0 Å².